The highest BCUT2D eigenvalue weighted by molar-refractivity contribution is 5.76. The van der Waals surface area contributed by atoms with E-state index in [4.69, 9.17) is 0 Å². The quantitative estimate of drug-likeness (QED) is 0.763. The molecule has 1 aromatic rings. The van der Waals surface area contributed by atoms with Gasteiger partial charge in [-0.25, -0.2) is 0 Å². The number of hydrogen-bond acceptors (Lipinski definition) is 3. The van der Waals surface area contributed by atoms with Crippen molar-refractivity contribution in [1.29, 1.82) is 0 Å². The van der Waals surface area contributed by atoms with Crippen molar-refractivity contribution < 1.29 is 4.79 Å². The Morgan fingerprint density at radius 2 is 2.35 bits per heavy atom. The lowest BCUT2D eigenvalue weighted by molar-refractivity contribution is -0.133. The smallest absolute Gasteiger partial charge is 0.250 e. The Hall–Kier alpha value is -1.62. The number of nitrogens with zero attached hydrogens (tertiary/aromatic N) is 2. The minimum atomic E-state index is -0.135. The Labute approximate surface area is 100 Å². The first-order valence-electron chi connectivity index (χ1n) is 5.83. The zero-order valence-electron chi connectivity index (χ0n) is 9.93. The molecule has 1 saturated heterocycles. The highest BCUT2D eigenvalue weighted by atomic mass is 16.2. The van der Waals surface area contributed by atoms with Crippen LogP contribution in [-0.2, 0) is 11.3 Å². The van der Waals surface area contributed by atoms with Gasteiger partial charge >= 0.3 is 0 Å². The molecule has 1 aromatic heterocycles. The Morgan fingerprint density at radius 1 is 1.53 bits per heavy atom. The summed E-state index contributed by atoms with van der Waals surface area (Å²) in [6.45, 7) is 4.42. The number of amides is 1. The second-order valence-corrected chi connectivity index (χ2v) is 4.36. The zero-order valence-corrected chi connectivity index (χ0v) is 9.93. The normalized spacial score (nSPS) is 20.3. The Bertz CT molecular complexity index is 455. The molecule has 0 saturated carbocycles. The van der Waals surface area contributed by atoms with E-state index in [0.717, 1.165) is 6.54 Å². The number of nitrogens with one attached hydrogen (secondary N) is 1. The molecule has 5 heteroatoms. The lowest BCUT2D eigenvalue weighted by Crippen LogP contribution is -2.52. The van der Waals surface area contributed by atoms with Crippen LogP contribution in [0.1, 0.15) is 6.92 Å². The first-order valence-corrected chi connectivity index (χ1v) is 5.83. The summed E-state index contributed by atoms with van der Waals surface area (Å²) in [7, 11) is 0. The molecule has 1 aliphatic rings. The maximum atomic E-state index is 12.0. The summed E-state index contributed by atoms with van der Waals surface area (Å²) in [6.07, 6.45) is 1.64. The van der Waals surface area contributed by atoms with Crippen molar-refractivity contribution in [1.82, 2.24) is 14.8 Å². The average molecular weight is 235 g/mol. The molecule has 2 rings (SSSR count). The molecule has 1 N–H and O–H groups in total. The molecule has 1 aliphatic heterocycles. The van der Waals surface area contributed by atoms with Crippen LogP contribution in [0.5, 0.6) is 0 Å². The molecule has 5 nitrogen and oxygen atoms in total. The monoisotopic (exact) mass is 235 g/mol. The molecule has 1 unspecified atom stereocenters. The Morgan fingerprint density at radius 3 is 3.06 bits per heavy atom. The number of aromatic nitrogens is 1. The van der Waals surface area contributed by atoms with Crippen molar-refractivity contribution in [3.8, 4) is 0 Å². The van der Waals surface area contributed by atoms with E-state index in [1.807, 2.05) is 6.92 Å². The second kappa shape index (κ2) is 5.14. The van der Waals surface area contributed by atoms with Gasteiger partial charge in [-0.05, 0) is 13.0 Å². The molecule has 0 spiro atoms. The van der Waals surface area contributed by atoms with Gasteiger partial charge in [0.1, 0.15) is 6.54 Å². The number of piperazine rings is 1. The van der Waals surface area contributed by atoms with Crippen molar-refractivity contribution >= 4 is 5.91 Å². The Kier molecular flexibility index (Phi) is 3.58. The van der Waals surface area contributed by atoms with E-state index in [9.17, 15) is 9.59 Å². The molecule has 0 radical (unpaired) electrons. The fourth-order valence-electron chi connectivity index (χ4n) is 2.00. The lowest BCUT2D eigenvalue weighted by atomic mass is 10.2. The Balaban J connectivity index is 2.02. The van der Waals surface area contributed by atoms with Gasteiger partial charge in [0.2, 0.25) is 5.91 Å². The summed E-state index contributed by atoms with van der Waals surface area (Å²) < 4.78 is 1.44. The number of pyridine rings is 1. The number of rotatable bonds is 2. The fraction of sp³-hybridized carbons (Fsp3) is 0.500. The first kappa shape index (κ1) is 11.9. The molecule has 17 heavy (non-hydrogen) atoms. The van der Waals surface area contributed by atoms with Gasteiger partial charge in [-0.1, -0.05) is 6.07 Å². The third kappa shape index (κ3) is 2.94. The van der Waals surface area contributed by atoms with E-state index in [1.165, 1.54) is 10.6 Å². The highest BCUT2D eigenvalue weighted by Gasteiger charge is 2.20. The van der Waals surface area contributed by atoms with Crippen LogP contribution in [0.3, 0.4) is 0 Å². The molecule has 2 heterocycles. The lowest BCUT2D eigenvalue weighted by Gasteiger charge is -2.32. The van der Waals surface area contributed by atoms with Crippen LogP contribution in [0, 0.1) is 0 Å². The summed E-state index contributed by atoms with van der Waals surface area (Å²) in [5.41, 5.74) is -0.135. The summed E-state index contributed by atoms with van der Waals surface area (Å²) in [5.74, 6) is 0.00616. The third-order valence-electron chi connectivity index (χ3n) is 2.93. The van der Waals surface area contributed by atoms with E-state index < -0.39 is 0 Å². The second-order valence-electron chi connectivity index (χ2n) is 4.36. The predicted molar refractivity (Wildman–Crippen MR) is 64.7 cm³/mol. The van der Waals surface area contributed by atoms with E-state index in [2.05, 4.69) is 5.32 Å². The maximum absolute atomic E-state index is 12.0. The molecule has 92 valence electrons. The van der Waals surface area contributed by atoms with Crippen LogP contribution < -0.4 is 10.9 Å². The van der Waals surface area contributed by atoms with E-state index in [-0.39, 0.29) is 18.0 Å². The van der Waals surface area contributed by atoms with Gasteiger partial charge in [0.15, 0.2) is 0 Å². The van der Waals surface area contributed by atoms with Crippen LogP contribution in [0.15, 0.2) is 29.2 Å². The van der Waals surface area contributed by atoms with Crippen molar-refractivity contribution in [3.63, 3.8) is 0 Å². The minimum Gasteiger partial charge on any atom is -0.338 e. The molecule has 0 aliphatic carbocycles. The van der Waals surface area contributed by atoms with Crippen molar-refractivity contribution in [2.45, 2.75) is 19.5 Å². The standard InChI is InChI=1S/C12H17N3O2/c1-10-8-15(7-5-13-10)12(17)9-14-6-3-2-4-11(14)16/h2-4,6,10,13H,5,7-9H2,1H3. The SMILES string of the molecule is CC1CN(C(=O)Cn2ccccc2=O)CCN1. The average Bonchev–Trinajstić information content (AvgIpc) is 2.32. The van der Waals surface area contributed by atoms with Gasteiger partial charge in [-0.15, -0.1) is 0 Å². The van der Waals surface area contributed by atoms with Gasteiger partial charge in [0.05, 0.1) is 0 Å². The van der Waals surface area contributed by atoms with Crippen molar-refractivity contribution in [3.05, 3.63) is 34.7 Å². The van der Waals surface area contributed by atoms with Crippen LogP contribution in [0.2, 0.25) is 0 Å². The molecule has 1 amide bonds. The van der Waals surface area contributed by atoms with E-state index in [0.29, 0.717) is 19.1 Å². The molecule has 1 fully saturated rings. The van der Waals surface area contributed by atoms with E-state index in [1.54, 1.807) is 23.2 Å². The van der Waals surface area contributed by atoms with Gasteiger partial charge in [0, 0.05) is 37.9 Å². The molecule has 0 aromatic carbocycles. The van der Waals surface area contributed by atoms with Crippen LogP contribution in [-0.4, -0.2) is 41.1 Å². The predicted octanol–water partition coefficient (Wildman–Crippen LogP) is -0.331. The third-order valence-corrected chi connectivity index (χ3v) is 2.93. The number of carbonyl (C=O) groups excluding carboxylic acids is 1. The van der Waals surface area contributed by atoms with E-state index >= 15 is 0 Å². The topological polar surface area (TPSA) is 54.3 Å². The van der Waals surface area contributed by atoms with Gasteiger partial charge in [-0.2, -0.15) is 0 Å². The largest absolute Gasteiger partial charge is 0.338 e. The maximum Gasteiger partial charge on any atom is 0.250 e. The first-order chi connectivity index (χ1) is 8.16. The van der Waals surface area contributed by atoms with Crippen LogP contribution >= 0.6 is 0 Å². The van der Waals surface area contributed by atoms with Gasteiger partial charge in [-0.3, -0.25) is 9.59 Å². The number of hydrogen-bond donors (Lipinski definition) is 1. The summed E-state index contributed by atoms with van der Waals surface area (Å²) in [6, 6.07) is 5.22. The van der Waals surface area contributed by atoms with Crippen molar-refractivity contribution in [2.24, 2.45) is 0 Å². The molecule has 0 bridgehead atoms. The summed E-state index contributed by atoms with van der Waals surface area (Å²) in [4.78, 5) is 25.3. The van der Waals surface area contributed by atoms with Crippen molar-refractivity contribution in [2.75, 3.05) is 19.6 Å². The molecule has 1 atom stereocenters. The summed E-state index contributed by atoms with van der Waals surface area (Å²) >= 11 is 0. The minimum absolute atomic E-state index is 0.00616. The molecular weight excluding hydrogens is 218 g/mol. The fourth-order valence-corrected chi connectivity index (χ4v) is 2.00. The zero-order chi connectivity index (χ0) is 12.3. The van der Waals surface area contributed by atoms with Gasteiger partial charge in [0.25, 0.3) is 5.56 Å². The number of carbonyl (C=O) groups is 1. The molecular formula is C12H17N3O2. The van der Waals surface area contributed by atoms with Crippen LogP contribution in [0.25, 0.3) is 0 Å². The van der Waals surface area contributed by atoms with Crippen LogP contribution in [0.4, 0.5) is 0 Å². The summed E-state index contributed by atoms with van der Waals surface area (Å²) in [5, 5.41) is 3.28. The highest BCUT2D eigenvalue weighted by Crippen LogP contribution is 2.00. The van der Waals surface area contributed by atoms with Gasteiger partial charge < -0.3 is 14.8 Å².